The lowest BCUT2D eigenvalue weighted by Crippen LogP contribution is -2.14. The predicted molar refractivity (Wildman–Crippen MR) is 78.6 cm³/mol. The lowest BCUT2D eigenvalue weighted by Gasteiger charge is -2.21. The van der Waals surface area contributed by atoms with E-state index in [0.717, 1.165) is 25.1 Å². The van der Waals surface area contributed by atoms with E-state index in [1.807, 2.05) is 6.92 Å². The second-order valence-corrected chi connectivity index (χ2v) is 5.93. The van der Waals surface area contributed by atoms with Crippen LogP contribution >= 0.6 is 0 Å². The molecule has 0 saturated heterocycles. The fourth-order valence-electron chi connectivity index (χ4n) is 2.96. The molecular weight excluding hydrogens is 262 g/mol. The van der Waals surface area contributed by atoms with Gasteiger partial charge in [0.15, 0.2) is 5.82 Å². The van der Waals surface area contributed by atoms with Gasteiger partial charge in [0.1, 0.15) is 0 Å². The molecule has 0 fully saturated rings. The van der Waals surface area contributed by atoms with E-state index >= 15 is 0 Å². The Kier molecular flexibility index (Phi) is 4.01. The van der Waals surface area contributed by atoms with E-state index in [1.54, 1.807) is 0 Å². The lowest BCUT2D eigenvalue weighted by molar-refractivity contribution is 0.350. The van der Waals surface area contributed by atoms with Gasteiger partial charge in [-0.1, -0.05) is 36.3 Å². The van der Waals surface area contributed by atoms with E-state index < -0.39 is 0 Å². The third-order valence-corrected chi connectivity index (χ3v) is 4.16. The first-order valence-corrected chi connectivity index (χ1v) is 7.52. The van der Waals surface area contributed by atoms with Gasteiger partial charge in [-0.3, -0.25) is 0 Å². The number of aromatic nitrogens is 2. The molecule has 108 valence electrons. The minimum Gasteiger partial charge on any atom is -0.339 e. The Morgan fingerprint density at radius 3 is 3.00 bits per heavy atom. The second kappa shape index (κ2) is 6.09. The van der Waals surface area contributed by atoms with Crippen LogP contribution in [0.4, 0.5) is 0 Å². The van der Waals surface area contributed by atoms with Gasteiger partial charge >= 0.3 is 0 Å². The van der Waals surface area contributed by atoms with Crippen molar-refractivity contribution in [3.05, 3.63) is 47.1 Å². The maximum absolute atomic E-state index is 8.70. The van der Waals surface area contributed by atoms with Crippen LogP contribution in [0, 0.1) is 17.2 Å². The van der Waals surface area contributed by atoms with Crippen LogP contribution < -0.4 is 0 Å². The molecule has 0 saturated carbocycles. The predicted octanol–water partition coefficient (Wildman–Crippen LogP) is 3.43. The van der Waals surface area contributed by atoms with Gasteiger partial charge in [0.05, 0.1) is 6.07 Å². The first-order chi connectivity index (χ1) is 10.3. The minimum atomic E-state index is 0.260. The average molecular weight is 281 g/mol. The van der Waals surface area contributed by atoms with Crippen LogP contribution in [-0.4, -0.2) is 10.1 Å². The van der Waals surface area contributed by atoms with Gasteiger partial charge in [0.2, 0.25) is 5.89 Å². The number of fused-ring (bicyclic) bond motifs is 1. The zero-order valence-corrected chi connectivity index (χ0v) is 12.2. The van der Waals surface area contributed by atoms with E-state index in [9.17, 15) is 0 Å². The summed E-state index contributed by atoms with van der Waals surface area (Å²) in [4.78, 5) is 4.54. The molecule has 1 aromatic carbocycles. The monoisotopic (exact) mass is 281 g/mol. The quantitative estimate of drug-likeness (QED) is 0.861. The van der Waals surface area contributed by atoms with E-state index in [2.05, 4.69) is 40.5 Å². The van der Waals surface area contributed by atoms with E-state index in [4.69, 9.17) is 9.78 Å². The van der Waals surface area contributed by atoms with Crippen LogP contribution in [0.25, 0.3) is 0 Å². The normalized spacial score (nSPS) is 18.8. The number of nitriles is 1. The van der Waals surface area contributed by atoms with Gasteiger partial charge in [0, 0.05) is 18.8 Å². The number of benzene rings is 1. The molecule has 0 amide bonds. The first-order valence-electron chi connectivity index (χ1n) is 7.52. The maximum Gasteiger partial charge on any atom is 0.226 e. The molecule has 0 aliphatic heterocycles. The highest BCUT2D eigenvalue weighted by Crippen LogP contribution is 2.31. The van der Waals surface area contributed by atoms with E-state index in [0.29, 0.717) is 24.7 Å². The molecule has 0 bridgehead atoms. The number of hydrogen-bond donors (Lipinski definition) is 0. The Labute approximate surface area is 124 Å². The van der Waals surface area contributed by atoms with Gasteiger partial charge in [-0.25, -0.2) is 0 Å². The molecule has 4 nitrogen and oxygen atoms in total. The van der Waals surface area contributed by atoms with Gasteiger partial charge in [-0.15, -0.1) is 0 Å². The minimum absolute atomic E-state index is 0.260. The van der Waals surface area contributed by atoms with Crippen molar-refractivity contribution >= 4 is 0 Å². The smallest absolute Gasteiger partial charge is 0.226 e. The lowest BCUT2D eigenvalue weighted by atomic mass is 9.83. The number of rotatable bonds is 4. The van der Waals surface area contributed by atoms with E-state index in [1.165, 1.54) is 11.1 Å². The topological polar surface area (TPSA) is 62.7 Å². The highest BCUT2D eigenvalue weighted by atomic mass is 16.5. The zero-order chi connectivity index (χ0) is 14.7. The Morgan fingerprint density at radius 1 is 1.38 bits per heavy atom. The fourth-order valence-corrected chi connectivity index (χ4v) is 2.96. The zero-order valence-electron chi connectivity index (χ0n) is 12.2. The SMILES string of the molecule is CC(CC#N)Cc1nc(C2CCc3ccccc3C2)no1. The molecule has 21 heavy (non-hydrogen) atoms. The second-order valence-electron chi connectivity index (χ2n) is 5.93. The number of hydrogen-bond acceptors (Lipinski definition) is 4. The van der Waals surface area contributed by atoms with E-state index in [-0.39, 0.29) is 5.92 Å². The largest absolute Gasteiger partial charge is 0.339 e. The number of nitrogens with zero attached hydrogens (tertiary/aromatic N) is 3. The molecule has 3 rings (SSSR count). The summed E-state index contributed by atoms with van der Waals surface area (Å²) in [5, 5.41) is 12.9. The molecule has 1 aliphatic rings. The third-order valence-electron chi connectivity index (χ3n) is 4.16. The Morgan fingerprint density at radius 2 is 2.19 bits per heavy atom. The van der Waals surface area contributed by atoms with Crippen molar-refractivity contribution in [2.45, 2.75) is 44.9 Å². The standard InChI is InChI=1S/C17H19N3O/c1-12(8-9-18)10-16-19-17(20-21-16)15-7-6-13-4-2-3-5-14(13)11-15/h2-5,12,15H,6-8,10-11H2,1H3. The van der Waals surface area contributed by atoms with Gasteiger partial charge in [-0.2, -0.15) is 10.2 Å². The van der Waals surface area contributed by atoms with Crippen molar-refractivity contribution in [2.24, 2.45) is 5.92 Å². The third kappa shape index (κ3) is 3.13. The summed E-state index contributed by atoms with van der Waals surface area (Å²) in [6.45, 7) is 2.03. The van der Waals surface area contributed by atoms with Crippen LogP contribution in [-0.2, 0) is 19.3 Å². The summed E-state index contributed by atoms with van der Waals surface area (Å²) in [7, 11) is 0. The Hall–Kier alpha value is -2.15. The van der Waals surface area contributed by atoms with Crippen LogP contribution in [0.5, 0.6) is 0 Å². The highest BCUT2D eigenvalue weighted by Gasteiger charge is 2.24. The molecule has 2 atom stereocenters. The molecular formula is C17H19N3O. The Bertz CT molecular complexity index is 656. The van der Waals surface area contributed by atoms with Crippen molar-refractivity contribution < 1.29 is 4.52 Å². The van der Waals surface area contributed by atoms with Crippen molar-refractivity contribution in [2.75, 3.05) is 0 Å². The van der Waals surface area contributed by atoms with Crippen molar-refractivity contribution in [1.82, 2.24) is 10.1 Å². The summed E-state index contributed by atoms with van der Waals surface area (Å²) < 4.78 is 5.35. The van der Waals surface area contributed by atoms with Crippen LogP contribution in [0.1, 0.15) is 48.5 Å². The van der Waals surface area contributed by atoms with Crippen LogP contribution in [0.15, 0.2) is 28.8 Å². The molecule has 1 aromatic heterocycles. The van der Waals surface area contributed by atoms with Crippen molar-refractivity contribution in [1.29, 1.82) is 5.26 Å². The summed E-state index contributed by atoms with van der Waals surface area (Å²) in [5.74, 6) is 2.09. The molecule has 1 aliphatic carbocycles. The summed E-state index contributed by atoms with van der Waals surface area (Å²) in [5.41, 5.74) is 2.85. The molecule has 0 spiro atoms. The Balaban J connectivity index is 1.69. The number of aryl methyl sites for hydroxylation is 1. The average Bonchev–Trinajstić information content (AvgIpc) is 2.95. The van der Waals surface area contributed by atoms with Gasteiger partial charge < -0.3 is 4.52 Å². The first kappa shape index (κ1) is 13.8. The molecule has 4 heteroatoms. The molecule has 0 radical (unpaired) electrons. The summed E-state index contributed by atoms with van der Waals surface area (Å²) in [6, 6.07) is 10.8. The van der Waals surface area contributed by atoms with Crippen molar-refractivity contribution in [3.63, 3.8) is 0 Å². The molecule has 2 unspecified atom stereocenters. The summed E-state index contributed by atoms with van der Waals surface area (Å²) >= 11 is 0. The maximum atomic E-state index is 8.70. The molecule has 2 aromatic rings. The molecule has 1 heterocycles. The van der Waals surface area contributed by atoms with Crippen LogP contribution in [0.2, 0.25) is 0 Å². The van der Waals surface area contributed by atoms with Gasteiger partial charge in [0.25, 0.3) is 0 Å². The van der Waals surface area contributed by atoms with Gasteiger partial charge in [-0.05, 0) is 36.3 Å². The summed E-state index contributed by atoms with van der Waals surface area (Å²) in [6.07, 6.45) is 4.35. The van der Waals surface area contributed by atoms with Crippen molar-refractivity contribution in [3.8, 4) is 6.07 Å². The molecule has 0 N–H and O–H groups in total. The van der Waals surface area contributed by atoms with Crippen LogP contribution in [0.3, 0.4) is 0 Å². The highest BCUT2D eigenvalue weighted by molar-refractivity contribution is 5.31. The fraction of sp³-hybridized carbons (Fsp3) is 0.471.